The number of nitrogens with one attached hydrogen (secondary N) is 1. The van der Waals surface area contributed by atoms with Crippen molar-refractivity contribution in [1.82, 2.24) is 4.98 Å². The lowest BCUT2D eigenvalue weighted by atomic mass is 10.3. The number of nitrogen functional groups attached to an aromatic ring is 1. The third-order valence-electron chi connectivity index (χ3n) is 2.06. The molecule has 2 aromatic rings. The Morgan fingerprint density at radius 2 is 2.31 bits per heavy atom. The number of primary amides is 1. The lowest BCUT2D eigenvalue weighted by Gasteiger charge is -1.97. The van der Waals surface area contributed by atoms with Gasteiger partial charge in [0.15, 0.2) is 5.13 Å². The Hall–Kier alpha value is -1.82. The summed E-state index contributed by atoms with van der Waals surface area (Å²) >= 11 is 1.51. The average Bonchev–Trinajstić information content (AvgIpc) is 2.58. The Morgan fingerprint density at radius 3 is 3.06 bits per heavy atom. The van der Waals surface area contributed by atoms with Crippen molar-refractivity contribution in [3.05, 3.63) is 18.2 Å². The van der Waals surface area contributed by atoms with Crippen molar-refractivity contribution >= 4 is 38.3 Å². The van der Waals surface area contributed by atoms with E-state index in [2.05, 4.69) is 10.3 Å². The molecule has 5 nitrogen and oxygen atoms in total. The van der Waals surface area contributed by atoms with Gasteiger partial charge in [-0.25, -0.2) is 4.98 Å². The summed E-state index contributed by atoms with van der Waals surface area (Å²) in [6.45, 7) is 0.505. The second-order valence-corrected chi connectivity index (χ2v) is 4.42. The predicted molar refractivity (Wildman–Crippen MR) is 66.3 cm³/mol. The van der Waals surface area contributed by atoms with Gasteiger partial charge in [0, 0.05) is 18.7 Å². The minimum absolute atomic E-state index is 0.304. The Bertz CT molecular complexity index is 523. The molecule has 0 bridgehead atoms. The first-order chi connectivity index (χ1) is 7.65. The van der Waals surface area contributed by atoms with Crippen molar-refractivity contribution in [2.45, 2.75) is 6.42 Å². The number of carbonyl (C=O) groups excluding carboxylic acids is 1. The fourth-order valence-corrected chi connectivity index (χ4v) is 2.25. The van der Waals surface area contributed by atoms with Gasteiger partial charge in [-0.05, 0) is 18.2 Å². The molecule has 0 fully saturated rings. The maximum atomic E-state index is 10.6. The summed E-state index contributed by atoms with van der Waals surface area (Å²) in [7, 11) is 0. The number of fused-ring (bicyclic) bond motifs is 1. The van der Waals surface area contributed by atoms with Crippen LogP contribution < -0.4 is 16.8 Å². The summed E-state index contributed by atoms with van der Waals surface area (Å²) < 4.78 is 1.03. The molecule has 2 rings (SSSR count). The zero-order chi connectivity index (χ0) is 11.5. The molecular weight excluding hydrogens is 224 g/mol. The van der Waals surface area contributed by atoms with Crippen LogP contribution in [0.2, 0.25) is 0 Å². The molecule has 0 spiro atoms. The van der Waals surface area contributed by atoms with Gasteiger partial charge >= 0.3 is 0 Å². The minimum Gasteiger partial charge on any atom is -0.399 e. The van der Waals surface area contributed by atoms with Gasteiger partial charge in [0.05, 0.1) is 10.2 Å². The fraction of sp³-hybridized carbons (Fsp3) is 0.200. The number of hydrogen-bond donors (Lipinski definition) is 3. The van der Waals surface area contributed by atoms with Gasteiger partial charge in [0.1, 0.15) is 0 Å². The highest BCUT2D eigenvalue weighted by atomic mass is 32.1. The monoisotopic (exact) mass is 236 g/mol. The molecule has 5 N–H and O–H groups in total. The number of carbonyl (C=O) groups is 1. The van der Waals surface area contributed by atoms with Crippen LogP contribution in [0.3, 0.4) is 0 Å². The second-order valence-electron chi connectivity index (χ2n) is 3.39. The van der Waals surface area contributed by atoms with Crippen LogP contribution in [0.5, 0.6) is 0 Å². The highest BCUT2D eigenvalue weighted by Gasteiger charge is 2.03. The molecule has 0 unspecified atom stereocenters. The summed E-state index contributed by atoms with van der Waals surface area (Å²) in [4.78, 5) is 14.9. The average molecular weight is 236 g/mol. The summed E-state index contributed by atoms with van der Waals surface area (Å²) in [5.41, 5.74) is 12.3. The van der Waals surface area contributed by atoms with Crippen molar-refractivity contribution in [3.8, 4) is 0 Å². The van der Waals surface area contributed by atoms with E-state index in [1.165, 1.54) is 11.3 Å². The number of anilines is 2. The van der Waals surface area contributed by atoms with Gasteiger partial charge in [-0.3, -0.25) is 4.79 Å². The molecule has 0 saturated heterocycles. The number of nitrogens with zero attached hydrogens (tertiary/aromatic N) is 1. The van der Waals surface area contributed by atoms with Crippen LogP contribution in [0, 0.1) is 0 Å². The van der Waals surface area contributed by atoms with Crippen molar-refractivity contribution in [2.75, 3.05) is 17.6 Å². The standard InChI is InChI=1S/C10H12N4OS/c11-6-1-2-7-8(5-6)16-10(14-7)13-4-3-9(12)15/h1-2,5H,3-4,11H2,(H2,12,15)(H,13,14). The molecule has 0 aliphatic rings. The highest BCUT2D eigenvalue weighted by molar-refractivity contribution is 7.22. The Balaban J connectivity index is 2.10. The first-order valence-corrected chi connectivity index (χ1v) is 5.65. The normalized spacial score (nSPS) is 10.5. The smallest absolute Gasteiger partial charge is 0.219 e. The first-order valence-electron chi connectivity index (χ1n) is 4.83. The molecule has 1 aromatic heterocycles. The molecule has 0 radical (unpaired) electrons. The molecule has 0 aliphatic heterocycles. The summed E-state index contributed by atoms with van der Waals surface area (Å²) in [6.07, 6.45) is 0.304. The van der Waals surface area contributed by atoms with E-state index in [1.807, 2.05) is 18.2 Å². The van der Waals surface area contributed by atoms with Gasteiger partial charge < -0.3 is 16.8 Å². The molecule has 1 amide bonds. The molecule has 0 aliphatic carbocycles. The number of thiazole rings is 1. The molecule has 0 saturated carbocycles. The van der Waals surface area contributed by atoms with Crippen LogP contribution in [0.4, 0.5) is 10.8 Å². The number of amides is 1. The highest BCUT2D eigenvalue weighted by Crippen LogP contribution is 2.27. The third kappa shape index (κ3) is 2.40. The zero-order valence-corrected chi connectivity index (χ0v) is 9.38. The van der Waals surface area contributed by atoms with Gasteiger partial charge in [-0.2, -0.15) is 0 Å². The van der Waals surface area contributed by atoms with Crippen LogP contribution in [0.25, 0.3) is 10.2 Å². The van der Waals surface area contributed by atoms with Crippen LogP contribution in [0.15, 0.2) is 18.2 Å². The van der Waals surface area contributed by atoms with Gasteiger partial charge in [-0.1, -0.05) is 11.3 Å². The topological polar surface area (TPSA) is 94.0 Å². The van der Waals surface area contributed by atoms with E-state index in [0.29, 0.717) is 13.0 Å². The molecule has 16 heavy (non-hydrogen) atoms. The van der Waals surface area contributed by atoms with E-state index < -0.39 is 0 Å². The Labute approximate surface area is 96.5 Å². The number of hydrogen-bond acceptors (Lipinski definition) is 5. The van der Waals surface area contributed by atoms with Crippen LogP contribution in [-0.4, -0.2) is 17.4 Å². The first kappa shape index (κ1) is 10.7. The van der Waals surface area contributed by atoms with Gasteiger partial charge in [0.2, 0.25) is 5.91 Å². The van der Waals surface area contributed by atoms with E-state index in [4.69, 9.17) is 11.5 Å². The quantitative estimate of drug-likeness (QED) is 0.694. The van der Waals surface area contributed by atoms with E-state index in [-0.39, 0.29) is 5.91 Å². The van der Waals surface area contributed by atoms with Crippen LogP contribution >= 0.6 is 11.3 Å². The van der Waals surface area contributed by atoms with Crippen molar-refractivity contribution in [3.63, 3.8) is 0 Å². The van der Waals surface area contributed by atoms with E-state index in [9.17, 15) is 4.79 Å². The minimum atomic E-state index is -0.321. The summed E-state index contributed by atoms with van der Waals surface area (Å²) in [5, 5.41) is 3.83. The number of benzene rings is 1. The van der Waals surface area contributed by atoms with E-state index in [0.717, 1.165) is 21.0 Å². The van der Waals surface area contributed by atoms with E-state index in [1.54, 1.807) is 0 Å². The van der Waals surface area contributed by atoms with Gasteiger partial charge in [0.25, 0.3) is 0 Å². The molecular formula is C10H12N4OS. The number of nitrogens with two attached hydrogens (primary N) is 2. The van der Waals surface area contributed by atoms with E-state index >= 15 is 0 Å². The predicted octanol–water partition coefficient (Wildman–Crippen LogP) is 1.17. The maximum Gasteiger partial charge on any atom is 0.219 e. The molecule has 6 heteroatoms. The van der Waals surface area contributed by atoms with Gasteiger partial charge in [-0.15, -0.1) is 0 Å². The van der Waals surface area contributed by atoms with Crippen molar-refractivity contribution in [2.24, 2.45) is 5.73 Å². The number of rotatable bonds is 4. The lowest BCUT2D eigenvalue weighted by molar-refractivity contribution is -0.117. The van der Waals surface area contributed by atoms with Crippen molar-refractivity contribution in [1.29, 1.82) is 0 Å². The van der Waals surface area contributed by atoms with Crippen LogP contribution in [-0.2, 0) is 4.79 Å². The van der Waals surface area contributed by atoms with Crippen molar-refractivity contribution < 1.29 is 4.79 Å². The largest absolute Gasteiger partial charge is 0.399 e. The fourth-order valence-electron chi connectivity index (χ4n) is 1.31. The Kier molecular flexibility index (Phi) is 2.91. The molecule has 0 atom stereocenters. The lowest BCUT2D eigenvalue weighted by Crippen LogP contribution is -2.15. The molecule has 1 aromatic carbocycles. The molecule has 1 heterocycles. The summed E-state index contributed by atoms with van der Waals surface area (Å²) in [6, 6.07) is 5.57. The number of aromatic nitrogens is 1. The SMILES string of the molecule is NC(=O)CCNc1nc2ccc(N)cc2s1. The summed E-state index contributed by atoms with van der Waals surface area (Å²) in [5.74, 6) is -0.321. The van der Waals surface area contributed by atoms with Crippen LogP contribution in [0.1, 0.15) is 6.42 Å². The zero-order valence-electron chi connectivity index (χ0n) is 8.56. The maximum absolute atomic E-state index is 10.6. The second kappa shape index (κ2) is 4.36. The third-order valence-corrected chi connectivity index (χ3v) is 3.04. The molecule has 84 valence electrons. The Morgan fingerprint density at radius 1 is 1.50 bits per heavy atom.